The molecule has 1 amide bonds. The molecule has 3 aliphatic rings. The van der Waals surface area contributed by atoms with Gasteiger partial charge in [-0.25, -0.2) is 0 Å². The molecule has 0 saturated carbocycles. The molecule has 0 radical (unpaired) electrons. The zero-order valence-corrected chi connectivity index (χ0v) is 15.5. The summed E-state index contributed by atoms with van der Waals surface area (Å²) >= 11 is 0. The largest absolute Gasteiger partial charge is 0.490 e. The Bertz CT molecular complexity index is 864. The second kappa shape index (κ2) is 7.56. The molecular formula is C21H24N2O4. The van der Waals surface area contributed by atoms with Crippen molar-refractivity contribution >= 4 is 5.91 Å². The number of carbonyl (C=O) groups is 1. The van der Waals surface area contributed by atoms with Gasteiger partial charge in [0.1, 0.15) is 12.0 Å². The van der Waals surface area contributed by atoms with Crippen LogP contribution in [0, 0.1) is 5.92 Å². The van der Waals surface area contributed by atoms with E-state index in [4.69, 9.17) is 9.15 Å². The molecule has 3 saturated heterocycles. The van der Waals surface area contributed by atoms with Crippen LogP contribution in [0.1, 0.15) is 29.0 Å². The first-order chi connectivity index (χ1) is 13.1. The Morgan fingerprint density at radius 1 is 1.19 bits per heavy atom. The highest BCUT2D eigenvalue weighted by Gasteiger charge is 2.36. The zero-order valence-electron chi connectivity index (χ0n) is 15.5. The van der Waals surface area contributed by atoms with Crippen LogP contribution in [0.3, 0.4) is 0 Å². The maximum absolute atomic E-state index is 12.9. The predicted octanol–water partition coefficient (Wildman–Crippen LogP) is 2.39. The van der Waals surface area contributed by atoms with E-state index in [9.17, 15) is 9.59 Å². The number of fused-ring (bicyclic) bond motifs is 4. The lowest BCUT2D eigenvalue weighted by atomic mass is 9.95. The molecule has 5 rings (SSSR count). The first kappa shape index (κ1) is 17.8. The van der Waals surface area contributed by atoms with E-state index in [2.05, 4.69) is 4.90 Å². The molecular weight excluding hydrogens is 344 g/mol. The average Bonchev–Trinajstić information content (AvgIpc) is 3.00. The second-order valence-electron chi connectivity index (χ2n) is 7.38. The summed E-state index contributed by atoms with van der Waals surface area (Å²) in [6.07, 6.45) is 3.56. The molecule has 0 spiro atoms. The van der Waals surface area contributed by atoms with Crippen molar-refractivity contribution in [2.75, 3.05) is 26.7 Å². The number of carbonyl (C=O) groups excluding carboxylic acids is 1. The van der Waals surface area contributed by atoms with Gasteiger partial charge in [-0.3, -0.25) is 14.5 Å². The molecule has 0 unspecified atom stereocenters. The Balaban J connectivity index is 1.49. The molecule has 1 aromatic carbocycles. The molecule has 2 aromatic rings. The van der Waals surface area contributed by atoms with E-state index in [-0.39, 0.29) is 23.1 Å². The van der Waals surface area contributed by atoms with E-state index in [1.54, 1.807) is 0 Å². The topological polar surface area (TPSA) is 63.0 Å². The summed E-state index contributed by atoms with van der Waals surface area (Å²) in [5.74, 6) is 1.40. The molecule has 3 aliphatic heterocycles. The first-order valence-electron chi connectivity index (χ1n) is 9.38. The van der Waals surface area contributed by atoms with Gasteiger partial charge in [0, 0.05) is 37.3 Å². The Morgan fingerprint density at radius 3 is 2.74 bits per heavy atom. The third-order valence-corrected chi connectivity index (χ3v) is 5.57. The molecule has 3 fully saturated rings. The van der Waals surface area contributed by atoms with Crippen molar-refractivity contribution in [3.63, 3.8) is 0 Å². The summed E-state index contributed by atoms with van der Waals surface area (Å²) < 4.78 is 10.6. The Morgan fingerprint density at radius 2 is 2.00 bits per heavy atom. The first-order valence-corrected chi connectivity index (χ1v) is 9.38. The summed E-state index contributed by atoms with van der Waals surface area (Å²) in [5, 5.41) is 0. The van der Waals surface area contributed by atoms with Crippen LogP contribution in [-0.4, -0.2) is 48.5 Å². The molecule has 2 bridgehead atoms. The number of hydrogen-bond acceptors (Lipinski definition) is 5. The summed E-state index contributed by atoms with van der Waals surface area (Å²) in [4.78, 5) is 29.2. The number of benzene rings is 1. The quantitative estimate of drug-likeness (QED) is 0.829. The maximum atomic E-state index is 12.9. The van der Waals surface area contributed by atoms with Gasteiger partial charge in [0.15, 0.2) is 0 Å². The predicted molar refractivity (Wildman–Crippen MR) is 101 cm³/mol. The van der Waals surface area contributed by atoms with E-state index in [0.29, 0.717) is 24.8 Å². The summed E-state index contributed by atoms with van der Waals surface area (Å²) in [6, 6.07) is 11.3. The van der Waals surface area contributed by atoms with Crippen LogP contribution in [0.15, 0.2) is 51.9 Å². The molecule has 0 aliphatic carbocycles. The molecule has 1 aromatic heterocycles. The smallest absolute Gasteiger partial charge is 0.253 e. The Labute approximate surface area is 158 Å². The molecule has 6 nitrogen and oxygen atoms in total. The van der Waals surface area contributed by atoms with E-state index in [0.717, 1.165) is 31.5 Å². The third kappa shape index (κ3) is 3.76. The number of amides is 1. The van der Waals surface area contributed by atoms with Gasteiger partial charge in [0.05, 0.1) is 13.7 Å². The number of piperidine rings is 1. The van der Waals surface area contributed by atoms with Crippen molar-refractivity contribution in [3.05, 3.63) is 64.2 Å². The normalized spacial score (nSPS) is 22.5. The number of hydrogen-bond donors (Lipinski definition) is 0. The van der Waals surface area contributed by atoms with Crippen molar-refractivity contribution in [1.82, 2.24) is 9.80 Å². The lowest BCUT2D eigenvalue weighted by Gasteiger charge is -2.35. The van der Waals surface area contributed by atoms with Crippen LogP contribution in [0.2, 0.25) is 0 Å². The van der Waals surface area contributed by atoms with Gasteiger partial charge in [0.2, 0.25) is 11.2 Å². The fourth-order valence-electron chi connectivity index (χ4n) is 4.17. The van der Waals surface area contributed by atoms with E-state index >= 15 is 0 Å². The van der Waals surface area contributed by atoms with Gasteiger partial charge in [-0.2, -0.15) is 0 Å². The number of nitrogens with zero attached hydrogens (tertiary/aromatic N) is 2. The number of ether oxygens (including phenoxy) is 1. The lowest BCUT2D eigenvalue weighted by Crippen LogP contribution is -2.44. The summed E-state index contributed by atoms with van der Waals surface area (Å²) in [6.45, 7) is 2.99. The van der Waals surface area contributed by atoms with Crippen molar-refractivity contribution in [3.8, 4) is 5.75 Å². The Kier molecular flexibility index (Phi) is 4.99. The van der Waals surface area contributed by atoms with Gasteiger partial charge in [0.25, 0.3) is 5.91 Å². The highest BCUT2D eigenvalue weighted by molar-refractivity contribution is 5.94. The second-order valence-corrected chi connectivity index (χ2v) is 7.38. The van der Waals surface area contributed by atoms with Crippen molar-refractivity contribution < 1.29 is 13.9 Å². The van der Waals surface area contributed by atoms with Crippen LogP contribution >= 0.6 is 0 Å². The maximum Gasteiger partial charge on any atom is 0.253 e. The lowest BCUT2D eigenvalue weighted by molar-refractivity contribution is 0.0733. The van der Waals surface area contributed by atoms with Gasteiger partial charge >= 0.3 is 0 Å². The van der Waals surface area contributed by atoms with Gasteiger partial charge < -0.3 is 14.1 Å². The molecule has 6 heteroatoms. The number of methoxy groups -OCH3 is 1. The molecule has 2 atom stereocenters. The van der Waals surface area contributed by atoms with Crippen molar-refractivity contribution in [1.29, 1.82) is 0 Å². The zero-order chi connectivity index (χ0) is 18.8. The van der Waals surface area contributed by atoms with E-state index < -0.39 is 0 Å². The Hall–Kier alpha value is -2.60. The minimum absolute atomic E-state index is 0.102. The fourth-order valence-corrected chi connectivity index (χ4v) is 4.17. The van der Waals surface area contributed by atoms with Crippen molar-refractivity contribution in [2.24, 2.45) is 5.92 Å². The third-order valence-electron chi connectivity index (χ3n) is 5.57. The highest BCUT2D eigenvalue weighted by Crippen LogP contribution is 2.30. The van der Waals surface area contributed by atoms with Crippen molar-refractivity contribution in [2.45, 2.75) is 25.4 Å². The van der Waals surface area contributed by atoms with E-state index in [1.165, 1.54) is 19.4 Å². The van der Waals surface area contributed by atoms with Crippen LogP contribution in [0.25, 0.3) is 0 Å². The van der Waals surface area contributed by atoms with Crippen LogP contribution < -0.4 is 10.2 Å². The monoisotopic (exact) mass is 368 g/mol. The molecule has 27 heavy (non-hydrogen) atoms. The molecule has 142 valence electrons. The average molecular weight is 368 g/mol. The highest BCUT2D eigenvalue weighted by atomic mass is 16.5. The van der Waals surface area contributed by atoms with Gasteiger partial charge in [-0.05, 0) is 30.9 Å². The minimum Gasteiger partial charge on any atom is -0.490 e. The van der Waals surface area contributed by atoms with Gasteiger partial charge in [-0.15, -0.1) is 0 Å². The summed E-state index contributed by atoms with van der Waals surface area (Å²) in [5.41, 5.74) is 0.575. The number of rotatable bonds is 4. The molecule has 4 heterocycles. The SMILES string of the molecule is COc1coc(CN2C[C@H]3CC[C@@H]2CN(C(=O)c2ccccc2)C3)cc1=O. The molecule has 0 N–H and O–H groups in total. The van der Waals surface area contributed by atoms with Gasteiger partial charge in [-0.1, -0.05) is 18.2 Å². The standard InChI is InChI=1S/C21H24N2O4/c1-26-20-14-27-18(9-19(20)24)13-22-10-15-7-8-17(22)12-23(11-15)21(25)16-5-3-2-4-6-16/h2-6,9,14-15,17H,7-8,10-13H2,1H3/t15-,17-/m1/s1. The van der Waals surface area contributed by atoms with Crippen LogP contribution in [0.4, 0.5) is 0 Å². The fraction of sp³-hybridized carbons (Fsp3) is 0.429. The van der Waals surface area contributed by atoms with E-state index in [1.807, 2.05) is 35.2 Å². The van der Waals surface area contributed by atoms with Crippen LogP contribution in [-0.2, 0) is 6.54 Å². The van der Waals surface area contributed by atoms with Crippen LogP contribution in [0.5, 0.6) is 5.75 Å². The minimum atomic E-state index is -0.167. The summed E-state index contributed by atoms with van der Waals surface area (Å²) in [7, 11) is 1.46.